The predicted octanol–water partition coefficient (Wildman–Crippen LogP) is 1.80. The van der Waals surface area contributed by atoms with Crippen LogP contribution in [0.15, 0.2) is 36.4 Å². The molecule has 0 aliphatic heterocycles. The van der Waals surface area contributed by atoms with E-state index in [1.54, 1.807) is 12.1 Å². The SMILES string of the molecule is NC(=O)CCOc1ccc2ccc(O)cc2c1. The lowest BCUT2D eigenvalue weighted by Gasteiger charge is -2.06. The highest BCUT2D eigenvalue weighted by Crippen LogP contribution is 2.24. The smallest absolute Gasteiger partial charge is 0.220 e. The van der Waals surface area contributed by atoms with Gasteiger partial charge < -0.3 is 15.6 Å². The Kier molecular flexibility index (Phi) is 3.14. The van der Waals surface area contributed by atoms with Gasteiger partial charge in [0.15, 0.2) is 0 Å². The summed E-state index contributed by atoms with van der Waals surface area (Å²) in [5.74, 6) is 0.486. The number of nitrogens with two attached hydrogens (primary N) is 1. The van der Waals surface area contributed by atoms with Gasteiger partial charge in [0.1, 0.15) is 11.5 Å². The molecule has 88 valence electrons. The summed E-state index contributed by atoms with van der Waals surface area (Å²) in [6.45, 7) is 0.264. The average molecular weight is 231 g/mol. The normalized spacial score (nSPS) is 10.4. The Morgan fingerprint density at radius 1 is 1.18 bits per heavy atom. The average Bonchev–Trinajstić information content (AvgIpc) is 2.28. The zero-order valence-corrected chi connectivity index (χ0v) is 9.22. The third kappa shape index (κ3) is 2.87. The Hall–Kier alpha value is -2.23. The Morgan fingerprint density at radius 2 is 1.94 bits per heavy atom. The van der Waals surface area contributed by atoms with Gasteiger partial charge in [0, 0.05) is 0 Å². The van der Waals surface area contributed by atoms with Crippen LogP contribution in [0.3, 0.4) is 0 Å². The zero-order chi connectivity index (χ0) is 12.3. The molecule has 0 aliphatic rings. The van der Waals surface area contributed by atoms with Gasteiger partial charge >= 0.3 is 0 Å². The number of ether oxygens (including phenoxy) is 1. The maximum atomic E-state index is 10.6. The number of fused-ring (bicyclic) bond motifs is 1. The van der Waals surface area contributed by atoms with Gasteiger partial charge in [0.25, 0.3) is 0 Å². The summed E-state index contributed by atoms with van der Waals surface area (Å²) < 4.78 is 5.38. The van der Waals surface area contributed by atoms with Crippen LogP contribution in [0.5, 0.6) is 11.5 Å². The summed E-state index contributed by atoms with van der Waals surface area (Å²) in [6.07, 6.45) is 0.193. The molecule has 2 aromatic rings. The van der Waals surface area contributed by atoms with Crippen molar-refractivity contribution in [2.45, 2.75) is 6.42 Å². The molecule has 0 aromatic heterocycles. The van der Waals surface area contributed by atoms with Gasteiger partial charge in [-0.15, -0.1) is 0 Å². The van der Waals surface area contributed by atoms with Crippen LogP contribution in [0.1, 0.15) is 6.42 Å². The van der Waals surface area contributed by atoms with Gasteiger partial charge in [-0.2, -0.15) is 0 Å². The fourth-order valence-electron chi connectivity index (χ4n) is 1.57. The Morgan fingerprint density at radius 3 is 2.71 bits per heavy atom. The van der Waals surface area contributed by atoms with Crippen molar-refractivity contribution < 1.29 is 14.6 Å². The molecule has 0 spiro atoms. The van der Waals surface area contributed by atoms with Crippen molar-refractivity contribution in [1.82, 2.24) is 0 Å². The van der Waals surface area contributed by atoms with Gasteiger partial charge in [-0.25, -0.2) is 0 Å². The van der Waals surface area contributed by atoms with Gasteiger partial charge in [0.2, 0.25) is 5.91 Å². The van der Waals surface area contributed by atoms with Crippen LogP contribution in [0.2, 0.25) is 0 Å². The maximum Gasteiger partial charge on any atom is 0.220 e. The Balaban J connectivity index is 2.16. The molecular formula is C13H13NO3. The summed E-state index contributed by atoms with van der Waals surface area (Å²) in [5.41, 5.74) is 5.02. The Labute approximate surface area is 98.6 Å². The van der Waals surface area contributed by atoms with Crippen LogP contribution in [0, 0.1) is 0 Å². The molecule has 4 nitrogen and oxygen atoms in total. The molecule has 0 radical (unpaired) electrons. The fourth-order valence-corrected chi connectivity index (χ4v) is 1.57. The van der Waals surface area contributed by atoms with Crippen molar-refractivity contribution in [2.75, 3.05) is 6.61 Å². The quantitative estimate of drug-likeness (QED) is 0.842. The second-order valence-corrected chi connectivity index (χ2v) is 3.76. The number of carbonyl (C=O) groups excluding carboxylic acids is 1. The monoisotopic (exact) mass is 231 g/mol. The first-order valence-corrected chi connectivity index (χ1v) is 5.29. The van der Waals surface area contributed by atoms with E-state index < -0.39 is 0 Å². The van der Waals surface area contributed by atoms with E-state index >= 15 is 0 Å². The topological polar surface area (TPSA) is 72.6 Å². The minimum Gasteiger partial charge on any atom is -0.508 e. The summed E-state index contributed by atoms with van der Waals surface area (Å²) >= 11 is 0. The molecule has 0 aliphatic carbocycles. The van der Waals surface area contributed by atoms with Gasteiger partial charge in [-0.05, 0) is 35.0 Å². The summed E-state index contributed by atoms with van der Waals surface area (Å²) in [5, 5.41) is 11.3. The van der Waals surface area contributed by atoms with Crippen molar-refractivity contribution in [2.24, 2.45) is 5.73 Å². The first kappa shape index (κ1) is 11.3. The van der Waals surface area contributed by atoms with E-state index in [1.165, 1.54) is 0 Å². The number of hydrogen-bond acceptors (Lipinski definition) is 3. The molecule has 0 saturated carbocycles. The minimum atomic E-state index is -0.386. The zero-order valence-electron chi connectivity index (χ0n) is 9.22. The van der Waals surface area contributed by atoms with Gasteiger partial charge in [-0.1, -0.05) is 12.1 Å². The van der Waals surface area contributed by atoms with E-state index in [0.29, 0.717) is 5.75 Å². The molecule has 1 amide bonds. The van der Waals surface area contributed by atoms with E-state index in [1.807, 2.05) is 24.3 Å². The fraction of sp³-hybridized carbons (Fsp3) is 0.154. The number of primary amides is 1. The lowest BCUT2D eigenvalue weighted by molar-refractivity contribution is -0.118. The molecule has 0 atom stereocenters. The van der Waals surface area contributed by atoms with Gasteiger partial charge in [0.05, 0.1) is 13.0 Å². The van der Waals surface area contributed by atoms with Crippen molar-refractivity contribution in [1.29, 1.82) is 0 Å². The summed E-state index contributed by atoms with van der Waals surface area (Å²) in [7, 11) is 0. The van der Waals surface area contributed by atoms with Crippen LogP contribution in [-0.2, 0) is 4.79 Å². The second-order valence-electron chi connectivity index (χ2n) is 3.76. The van der Waals surface area contributed by atoms with Crippen molar-refractivity contribution >= 4 is 16.7 Å². The molecule has 2 aromatic carbocycles. The number of amides is 1. The molecule has 2 rings (SSSR count). The van der Waals surface area contributed by atoms with Crippen LogP contribution < -0.4 is 10.5 Å². The summed E-state index contributed by atoms with van der Waals surface area (Å²) in [4.78, 5) is 10.6. The van der Waals surface area contributed by atoms with Crippen molar-refractivity contribution in [3.8, 4) is 11.5 Å². The summed E-state index contributed by atoms with van der Waals surface area (Å²) in [6, 6.07) is 10.7. The van der Waals surface area contributed by atoms with Crippen molar-refractivity contribution in [3.05, 3.63) is 36.4 Å². The van der Waals surface area contributed by atoms with Crippen molar-refractivity contribution in [3.63, 3.8) is 0 Å². The maximum absolute atomic E-state index is 10.6. The van der Waals surface area contributed by atoms with Crippen LogP contribution in [0.25, 0.3) is 10.8 Å². The first-order chi connectivity index (χ1) is 8.15. The molecule has 17 heavy (non-hydrogen) atoms. The van der Waals surface area contributed by atoms with Crippen LogP contribution >= 0.6 is 0 Å². The third-order valence-electron chi connectivity index (χ3n) is 2.41. The number of benzene rings is 2. The highest BCUT2D eigenvalue weighted by atomic mass is 16.5. The Bertz CT molecular complexity index is 551. The molecule has 0 saturated heterocycles. The van der Waals surface area contributed by atoms with E-state index in [9.17, 15) is 9.90 Å². The van der Waals surface area contributed by atoms with E-state index in [2.05, 4.69) is 0 Å². The van der Waals surface area contributed by atoms with E-state index in [0.717, 1.165) is 10.8 Å². The number of phenolic OH excluding ortho intramolecular Hbond substituents is 1. The van der Waals surface area contributed by atoms with Gasteiger partial charge in [-0.3, -0.25) is 4.79 Å². The molecule has 0 heterocycles. The molecule has 4 heteroatoms. The number of rotatable bonds is 4. The van der Waals surface area contributed by atoms with E-state index in [4.69, 9.17) is 10.5 Å². The van der Waals surface area contributed by atoms with Crippen LogP contribution in [0.4, 0.5) is 0 Å². The lowest BCUT2D eigenvalue weighted by atomic mass is 10.1. The molecule has 0 fully saturated rings. The number of aromatic hydroxyl groups is 1. The lowest BCUT2D eigenvalue weighted by Crippen LogP contribution is -2.14. The minimum absolute atomic E-state index is 0.193. The largest absolute Gasteiger partial charge is 0.508 e. The molecular weight excluding hydrogens is 218 g/mol. The van der Waals surface area contributed by atoms with Crippen LogP contribution in [-0.4, -0.2) is 17.6 Å². The molecule has 0 unspecified atom stereocenters. The first-order valence-electron chi connectivity index (χ1n) is 5.29. The number of carbonyl (C=O) groups is 1. The predicted molar refractivity (Wildman–Crippen MR) is 64.9 cm³/mol. The standard InChI is InChI=1S/C13H13NO3/c14-13(16)5-6-17-12-4-2-9-1-3-11(15)7-10(9)8-12/h1-4,7-8,15H,5-6H2,(H2,14,16). The number of phenols is 1. The third-order valence-corrected chi connectivity index (χ3v) is 2.41. The highest BCUT2D eigenvalue weighted by Gasteiger charge is 2.00. The van der Waals surface area contributed by atoms with E-state index in [-0.39, 0.29) is 24.7 Å². The number of hydrogen-bond donors (Lipinski definition) is 2. The molecule has 3 N–H and O–H groups in total. The molecule has 0 bridgehead atoms. The second kappa shape index (κ2) is 4.74. The highest BCUT2D eigenvalue weighted by molar-refractivity contribution is 5.85.